The average Bonchev–Trinajstić information content (AvgIpc) is 1.97. The van der Waals surface area contributed by atoms with E-state index in [-0.39, 0.29) is 4.53 Å². The molecule has 81 valence electrons. The molecule has 0 saturated carbocycles. The number of hydrogen-bond donors (Lipinski definition) is 1. The Morgan fingerprint density at radius 2 is 2.07 bits per heavy atom. The number of hydrazine groups is 1. The molecule has 1 amide bonds. The highest BCUT2D eigenvalue weighted by Gasteiger charge is 2.64. The van der Waals surface area contributed by atoms with E-state index in [2.05, 4.69) is 0 Å². The van der Waals surface area contributed by atoms with Crippen molar-refractivity contribution in [3.05, 3.63) is 5.92 Å². The van der Waals surface area contributed by atoms with E-state index in [9.17, 15) is 22.4 Å². The molecule has 0 spiro atoms. The summed E-state index contributed by atoms with van der Waals surface area (Å²) in [6.45, 7) is -0.373. The van der Waals surface area contributed by atoms with Crippen LogP contribution in [0.15, 0.2) is 0 Å². The van der Waals surface area contributed by atoms with E-state index in [1.54, 1.807) is 0 Å². The normalized spacial score (nSPS) is 31.7. The number of nitrogens with one attached hydrogen (secondary N) is 1. The van der Waals surface area contributed by atoms with Crippen molar-refractivity contribution in [1.82, 2.24) is 9.95 Å². The molecule has 0 aliphatic carbocycles. The fourth-order valence-electron chi connectivity index (χ4n) is 1.03. The predicted molar refractivity (Wildman–Crippen MR) is 39.5 cm³/mol. The van der Waals surface area contributed by atoms with Crippen molar-refractivity contribution in [2.75, 3.05) is 6.54 Å². The van der Waals surface area contributed by atoms with Crippen LogP contribution in [0.1, 0.15) is 6.92 Å². The van der Waals surface area contributed by atoms with Crippen molar-refractivity contribution in [1.29, 1.82) is 0 Å². The highest BCUT2D eigenvalue weighted by atomic mass is 35.5. The molecule has 1 aliphatic rings. The van der Waals surface area contributed by atoms with Gasteiger partial charge in [0.15, 0.2) is 0 Å². The number of halogens is 5. The summed E-state index contributed by atoms with van der Waals surface area (Å²) in [5, 5.41) is 0. The van der Waals surface area contributed by atoms with Gasteiger partial charge in [-0.3, -0.25) is 10.2 Å². The molecule has 1 heterocycles. The summed E-state index contributed by atoms with van der Waals surface area (Å²) >= 11 is 5.12. The van der Waals surface area contributed by atoms with Gasteiger partial charge in [-0.1, -0.05) is 0 Å². The molecule has 0 aromatic rings. The van der Waals surface area contributed by atoms with Gasteiger partial charge in [-0.15, -0.1) is 4.53 Å². The van der Waals surface area contributed by atoms with Crippen molar-refractivity contribution in [3.8, 4) is 0 Å². The minimum atomic E-state index is -5.15. The minimum Gasteiger partial charge on any atom is -0.274 e. The second-order valence-electron chi connectivity index (χ2n) is 2.89. The van der Waals surface area contributed by atoms with E-state index < -0.39 is 30.2 Å². The SMILES string of the molecule is C[C]1C(=O)NN(Cl)CC1(F)C(F)(F)F. The van der Waals surface area contributed by atoms with Crippen LogP contribution < -0.4 is 5.43 Å². The Kier molecular flexibility index (Phi) is 2.66. The Labute approximate surface area is 82.1 Å². The van der Waals surface area contributed by atoms with Crippen molar-refractivity contribution < 1.29 is 22.4 Å². The smallest absolute Gasteiger partial charge is 0.274 e. The summed E-state index contributed by atoms with van der Waals surface area (Å²) in [6, 6.07) is 0. The Balaban J connectivity index is 3.01. The quantitative estimate of drug-likeness (QED) is 0.506. The first-order valence-corrected chi connectivity index (χ1v) is 3.86. The standard InChI is InChI=1S/C6H6ClF4N2O/c1-3-4(14)12-13(7)2-5(3,8)6(9,10)11/h2H2,1H3,(H,12,14). The van der Waals surface area contributed by atoms with Crippen molar-refractivity contribution >= 4 is 17.7 Å². The van der Waals surface area contributed by atoms with Crippen molar-refractivity contribution in [2.24, 2.45) is 0 Å². The molecule has 1 rings (SSSR count). The highest BCUT2D eigenvalue weighted by Crippen LogP contribution is 2.43. The second kappa shape index (κ2) is 3.23. The maximum absolute atomic E-state index is 13.4. The molecule has 14 heavy (non-hydrogen) atoms. The summed E-state index contributed by atoms with van der Waals surface area (Å²) in [6.07, 6.45) is -5.15. The molecule has 8 heteroatoms. The van der Waals surface area contributed by atoms with Gasteiger partial charge in [0.1, 0.15) is 5.92 Å². The minimum absolute atomic E-state index is 0.253. The van der Waals surface area contributed by atoms with Gasteiger partial charge in [0.05, 0.1) is 6.54 Å². The Bertz CT molecular complexity index is 259. The highest BCUT2D eigenvalue weighted by molar-refractivity contribution is 6.14. The molecule has 3 nitrogen and oxygen atoms in total. The predicted octanol–water partition coefficient (Wildman–Crippen LogP) is 1.35. The lowest BCUT2D eigenvalue weighted by atomic mass is 9.88. The number of amides is 1. The monoisotopic (exact) mass is 233 g/mol. The molecule has 0 aromatic carbocycles. The van der Waals surface area contributed by atoms with Crippen LogP contribution in [0.4, 0.5) is 17.6 Å². The van der Waals surface area contributed by atoms with Crippen LogP contribution in [0.2, 0.25) is 0 Å². The maximum Gasteiger partial charge on any atom is 0.425 e. The van der Waals surface area contributed by atoms with Gasteiger partial charge in [0.25, 0.3) is 0 Å². The molecule has 0 aromatic heterocycles. The number of hydrogen-bond acceptors (Lipinski definition) is 2. The Morgan fingerprint density at radius 3 is 2.50 bits per heavy atom. The van der Waals surface area contributed by atoms with Crippen LogP contribution in [0.25, 0.3) is 0 Å². The van der Waals surface area contributed by atoms with E-state index in [0.717, 1.165) is 6.92 Å². The zero-order valence-electron chi connectivity index (χ0n) is 6.95. The number of carbonyl (C=O) groups excluding carboxylic acids is 1. The summed E-state index contributed by atoms with van der Waals surface area (Å²) in [5.41, 5.74) is -1.84. The fraction of sp³-hybridized carbons (Fsp3) is 0.667. The third-order valence-electron chi connectivity index (χ3n) is 1.96. The van der Waals surface area contributed by atoms with Gasteiger partial charge in [0, 0.05) is 0 Å². The maximum atomic E-state index is 13.4. The van der Waals surface area contributed by atoms with Crippen molar-refractivity contribution in [2.45, 2.75) is 18.8 Å². The Morgan fingerprint density at radius 1 is 1.57 bits per heavy atom. The summed E-state index contributed by atoms with van der Waals surface area (Å²) in [7, 11) is 0. The lowest BCUT2D eigenvalue weighted by molar-refractivity contribution is -0.232. The molecule has 1 atom stereocenters. The van der Waals surface area contributed by atoms with E-state index in [1.807, 2.05) is 5.43 Å². The van der Waals surface area contributed by atoms with E-state index >= 15 is 0 Å². The lowest BCUT2D eigenvalue weighted by Crippen LogP contribution is -2.63. The topological polar surface area (TPSA) is 32.3 Å². The molecule has 0 bridgehead atoms. The van der Waals surface area contributed by atoms with Gasteiger partial charge < -0.3 is 0 Å². The van der Waals surface area contributed by atoms with E-state index in [0.29, 0.717) is 0 Å². The van der Waals surface area contributed by atoms with Gasteiger partial charge in [-0.2, -0.15) is 13.2 Å². The summed E-state index contributed by atoms with van der Waals surface area (Å²) < 4.78 is 50.5. The molecular formula is C6H6ClF4N2O. The number of nitrogens with zero attached hydrogens (tertiary/aromatic N) is 1. The largest absolute Gasteiger partial charge is 0.425 e. The zero-order valence-corrected chi connectivity index (χ0v) is 7.71. The van der Waals surface area contributed by atoms with Gasteiger partial charge >= 0.3 is 6.18 Å². The van der Waals surface area contributed by atoms with E-state index in [4.69, 9.17) is 11.8 Å². The van der Waals surface area contributed by atoms with Crippen LogP contribution in [0, 0.1) is 5.92 Å². The summed E-state index contributed by atoms with van der Waals surface area (Å²) in [5.74, 6) is -2.12. The molecule has 1 fully saturated rings. The first-order valence-electron chi connectivity index (χ1n) is 3.52. The van der Waals surface area contributed by atoms with Crippen LogP contribution in [-0.2, 0) is 4.79 Å². The van der Waals surface area contributed by atoms with Gasteiger partial charge in [-0.25, -0.2) is 4.39 Å². The first-order chi connectivity index (χ1) is 6.18. The van der Waals surface area contributed by atoms with Crippen LogP contribution in [0.5, 0.6) is 0 Å². The Hall–Kier alpha value is -0.560. The molecular weight excluding hydrogens is 228 g/mol. The van der Waals surface area contributed by atoms with Gasteiger partial charge in [-0.05, 0) is 18.7 Å². The number of rotatable bonds is 0. The first kappa shape index (κ1) is 11.5. The summed E-state index contributed by atoms with van der Waals surface area (Å²) in [4.78, 5) is 10.9. The number of alkyl halides is 4. The molecule has 1 radical (unpaired) electrons. The molecule has 1 saturated heterocycles. The third-order valence-corrected chi connectivity index (χ3v) is 2.17. The van der Waals surface area contributed by atoms with Crippen LogP contribution in [-0.4, -0.2) is 28.8 Å². The molecule has 1 aliphatic heterocycles. The van der Waals surface area contributed by atoms with Crippen molar-refractivity contribution in [3.63, 3.8) is 0 Å². The van der Waals surface area contributed by atoms with Crippen LogP contribution >= 0.6 is 11.8 Å². The second-order valence-corrected chi connectivity index (χ2v) is 3.29. The lowest BCUT2D eigenvalue weighted by Gasteiger charge is -2.38. The fourth-order valence-corrected chi connectivity index (χ4v) is 1.27. The molecule has 1 N–H and O–H groups in total. The van der Waals surface area contributed by atoms with Crippen LogP contribution in [0.3, 0.4) is 0 Å². The average molecular weight is 234 g/mol. The third kappa shape index (κ3) is 1.66. The van der Waals surface area contributed by atoms with Gasteiger partial charge in [0.2, 0.25) is 11.6 Å². The zero-order chi connectivity index (χ0) is 11.1. The number of carbonyl (C=O) groups is 1. The molecule has 1 unspecified atom stereocenters. The van der Waals surface area contributed by atoms with E-state index in [1.165, 1.54) is 0 Å².